The molecule has 1 aliphatic rings. The molecule has 1 fully saturated rings. The Hall–Kier alpha value is -3.67. The zero-order valence-corrected chi connectivity index (χ0v) is 20.2. The Morgan fingerprint density at radius 2 is 1.79 bits per heavy atom. The van der Waals surface area contributed by atoms with E-state index in [-0.39, 0.29) is 11.3 Å². The van der Waals surface area contributed by atoms with Crippen LogP contribution in [0.15, 0.2) is 66.8 Å². The first-order chi connectivity index (χ1) is 16.3. The molecule has 1 atom stereocenters. The van der Waals surface area contributed by atoms with Crippen molar-refractivity contribution >= 4 is 17.4 Å². The van der Waals surface area contributed by atoms with Gasteiger partial charge < -0.3 is 14.6 Å². The SMILES string of the molecule is Cc1ccc(C)c(/C(O)=C2/C(=O)C(=O)N(CCCn3ccnc3)C2c2ccc(C(C)C)cc2)c1. The standard InChI is InChI=1S/C28H31N3O3/c1-18(2)21-8-10-22(11-9-21)25-24(26(32)23-16-19(3)6-7-20(23)4)27(33)28(34)31(25)14-5-13-30-15-12-29-17-30/h6-12,15-18,25,32H,5,13-14H2,1-4H3/b26-24-. The number of likely N-dealkylation sites (tertiary alicyclic amines) is 1. The van der Waals surface area contributed by atoms with Crippen LogP contribution >= 0.6 is 0 Å². The fourth-order valence-electron chi connectivity index (χ4n) is 4.50. The van der Waals surface area contributed by atoms with Crippen molar-refractivity contribution in [3.63, 3.8) is 0 Å². The summed E-state index contributed by atoms with van der Waals surface area (Å²) in [5, 5.41) is 11.3. The second-order valence-corrected chi connectivity index (χ2v) is 9.29. The highest BCUT2D eigenvalue weighted by molar-refractivity contribution is 6.46. The van der Waals surface area contributed by atoms with E-state index in [0.717, 1.165) is 16.7 Å². The fourth-order valence-corrected chi connectivity index (χ4v) is 4.50. The maximum absolute atomic E-state index is 13.3. The third kappa shape index (κ3) is 4.53. The highest BCUT2D eigenvalue weighted by atomic mass is 16.3. The minimum Gasteiger partial charge on any atom is -0.507 e. The number of aliphatic hydroxyl groups excluding tert-OH is 1. The first-order valence-electron chi connectivity index (χ1n) is 11.7. The molecule has 0 saturated carbocycles. The van der Waals surface area contributed by atoms with E-state index in [4.69, 9.17) is 0 Å². The number of benzene rings is 2. The van der Waals surface area contributed by atoms with Crippen molar-refractivity contribution in [2.24, 2.45) is 0 Å². The summed E-state index contributed by atoms with van der Waals surface area (Å²) in [4.78, 5) is 32.1. The van der Waals surface area contributed by atoms with Gasteiger partial charge in [0.25, 0.3) is 11.7 Å². The third-order valence-corrected chi connectivity index (χ3v) is 6.48. The van der Waals surface area contributed by atoms with Gasteiger partial charge in [0.15, 0.2) is 0 Å². The summed E-state index contributed by atoms with van der Waals surface area (Å²) in [5.41, 5.74) is 4.55. The van der Waals surface area contributed by atoms with E-state index in [2.05, 4.69) is 18.8 Å². The second kappa shape index (κ2) is 9.67. The summed E-state index contributed by atoms with van der Waals surface area (Å²) in [7, 11) is 0. The van der Waals surface area contributed by atoms with Gasteiger partial charge in [0, 0.05) is 31.0 Å². The number of hydrogen-bond donors (Lipinski definition) is 1. The van der Waals surface area contributed by atoms with E-state index >= 15 is 0 Å². The lowest BCUT2D eigenvalue weighted by molar-refractivity contribution is -0.139. The van der Waals surface area contributed by atoms with Crippen molar-refractivity contribution < 1.29 is 14.7 Å². The van der Waals surface area contributed by atoms with Crippen LogP contribution in [-0.2, 0) is 16.1 Å². The number of aliphatic hydroxyl groups is 1. The van der Waals surface area contributed by atoms with Gasteiger partial charge in [0.05, 0.1) is 17.9 Å². The van der Waals surface area contributed by atoms with E-state index in [1.165, 1.54) is 5.56 Å². The largest absolute Gasteiger partial charge is 0.507 e. The number of Topliss-reactive ketones (excluding diaryl/α,β-unsaturated/α-hetero) is 1. The minimum atomic E-state index is -0.640. The van der Waals surface area contributed by atoms with Crippen LogP contribution in [0, 0.1) is 13.8 Å². The lowest BCUT2D eigenvalue weighted by Crippen LogP contribution is -2.31. The molecule has 0 aliphatic carbocycles. The van der Waals surface area contributed by atoms with Crippen LogP contribution in [0.3, 0.4) is 0 Å². The highest BCUT2D eigenvalue weighted by Gasteiger charge is 2.45. The molecule has 0 bridgehead atoms. The Morgan fingerprint density at radius 1 is 1.06 bits per heavy atom. The fraction of sp³-hybridized carbons (Fsp3) is 0.321. The molecule has 0 spiro atoms. The third-order valence-electron chi connectivity index (χ3n) is 6.48. The normalized spacial score (nSPS) is 17.7. The summed E-state index contributed by atoms with van der Waals surface area (Å²) in [5.74, 6) is -0.963. The lowest BCUT2D eigenvalue weighted by atomic mass is 9.92. The zero-order valence-electron chi connectivity index (χ0n) is 20.2. The van der Waals surface area contributed by atoms with Crippen LogP contribution < -0.4 is 0 Å². The minimum absolute atomic E-state index is 0.116. The van der Waals surface area contributed by atoms with Crippen LogP contribution in [0.5, 0.6) is 0 Å². The average molecular weight is 458 g/mol. The summed E-state index contributed by atoms with van der Waals surface area (Å²) in [6, 6.07) is 13.1. The first kappa shape index (κ1) is 23.5. The molecule has 2 heterocycles. The number of amides is 1. The molecule has 4 rings (SSSR count). The number of hydrogen-bond acceptors (Lipinski definition) is 4. The Bertz CT molecular complexity index is 1220. The quantitative estimate of drug-likeness (QED) is 0.303. The van der Waals surface area contributed by atoms with Gasteiger partial charge in [0.1, 0.15) is 5.76 Å². The molecule has 176 valence electrons. The number of carbonyl (C=O) groups is 2. The lowest BCUT2D eigenvalue weighted by Gasteiger charge is -2.26. The first-order valence-corrected chi connectivity index (χ1v) is 11.7. The summed E-state index contributed by atoms with van der Waals surface area (Å²) >= 11 is 0. The van der Waals surface area contributed by atoms with Crippen molar-refractivity contribution in [2.75, 3.05) is 6.54 Å². The van der Waals surface area contributed by atoms with E-state index in [0.29, 0.717) is 31.0 Å². The average Bonchev–Trinajstić information content (AvgIpc) is 3.42. The van der Waals surface area contributed by atoms with Crippen LogP contribution in [0.1, 0.15) is 60.0 Å². The molecule has 2 aromatic carbocycles. The predicted molar refractivity (Wildman–Crippen MR) is 132 cm³/mol. The number of nitrogens with zero attached hydrogens (tertiary/aromatic N) is 3. The Kier molecular flexibility index (Phi) is 6.68. The molecule has 1 amide bonds. The topological polar surface area (TPSA) is 75.4 Å². The molecule has 1 saturated heterocycles. The van der Waals surface area contributed by atoms with E-state index in [1.54, 1.807) is 17.4 Å². The maximum Gasteiger partial charge on any atom is 0.295 e. The molecule has 6 heteroatoms. The van der Waals surface area contributed by atoms with Gasteiger partial charge in [-0.25, -0.2) is 4.98 Å². The highest BCUT2D eigenvalue weighted by Crippen LogP contribution is 2.40. The molecular formula is C28H31N3O3. The maximum atomic E-state index is 13.3. The molecule has 3 aromatic rings. The van der Waals surface area contributed by atoms with E-state index in [1.807, 2.05) is 67.1 Å². The number of aryl methyl sites for hydroxylation is 3. The van der Waals surface area contributed by atoms with Crippen molar-refractivity contribution in [1.82, 2.24) is 14.5 Å². The monoisotopic (exact) mass is 457 g/mol. The number of ketones is 1. The predicted octanol–water partition coefficient (Wildman–Crippen LogP) is 5.14. The molecule has 0 radical (unpaired) electrons. The van der Waals surface area contributed by atoms with Crippen LogP contribution in [0.2, 0.25) is 0 Å². The van der Waals surface area contributed by atoms with Crippen LogP contribution in [0.4, 0.5) is 0 Å². The second-order valence-electron chi connectivity index (χ2n) is 9.29. The van der Waals surface area contributed by atoms with Gasteiger partial charge in [-0.15, -0.1) is 0 Å². The van der Waals surface area contributed by atoms with Gasteiger partial charge >= 0.3 is 0 Å². The van der Waals surface area contributed by atoms with Gasteiger partial charge in [-0.1, -0.05) is 55.8 Å². The zero-order chi connectivity index (χ0) is 24.4. The molecular weight excluding hydrogens is 426 g/mol. The van der Waals surface area contributed by atoms with Gasteiger partial charge in [-0.05, 0) is 48.9 Å². The Morgan fingerprint density at radius 3 is 2.44 bits per heavy atom. The Balaban J connectivity index is 1.77. The smallest absolute Gasteiger partial charge is 0.295 e. The summed E-state index contributed by atoms with van der Waals surface area (Å²) in [6.45, 7) is 9.15. The van der Waals surface area contributed by atoms with Crippen LogP contribution in [0.25, 0.3) is 5.76 Å². The summed E-state index contributed by atoms with van der Waals surface area (Å²) < 4.78 is 1.94. The molecule has 1 aliphatic heterocycles. The number of carbonyl (C=O) groups excluding carboxylic acids is 2. The molecule has 1 aromatic heterocycles. The number of aromatic nitrogens is 2. The Labute approximate surface area is 200 Å². The van der Waals surface area contributed by atoms with Gasteiger partial charge in [-0.3, -0.25) is 9.59 Å². The van der Waals surface area contributed by atoms with Crippen molar-refractivity contribution in [2.45, 2.75) is 52.6 Å². The molecule has 6 nitrogen and oxygen atoms in total. The van der Waals surface area contributed by atoms with Gasteiger partial charge in [0.2, 0.25) is 0 Å². The molecule has 1 unspecified atom stereocenters. The summed E-state index contributed by atoms with van der Waals surface area (Å²) in [6.07, 6.45) is 5.98. The number of rotatable bonds is 7. The van der Waals surface area contributed by atoms with Crippen molar-refractivity contribution in [3.05, 3.63) is 94.6 Å². The van der Waals surface area contributed by atoms with Crippen LogP contribution in [-0.4, -0.2) is 37.8 Å². The molecule has 34 heavy (non-hydrogen) atoms. The van der Waals surface area contributed by atoms with Crippen molar-refractivity contribution in [3.8, 4) is 0 Å². The van der Waals surface area contributed by atoms with Gasteiger partial charge in [-0.2, -0.15) is 0 Å². The molecule has 1 N–H and O–H groups in total. The van der Waals surface area contributed by atoms with E-state index < -0.39 is 17.7 Å². The number of imidazole rings is 1. The van der Waals surface area contributed by atoms with Crippen molar-refractivity contribution in [1.29, 1.82) is 0 Å². The van der Waals surface area contributed by atoms with E-state index in [9.17, 15) is 14.7 Å².